The Kier molecular flexibility index (Phi) is 5.35. The van der Waals surface area contributed by atoms with E-state index in [0.29, 0.717) is 42.9 Å². The number of rotatable bonds is 3. The van der Waals surface area contributed by atoms with Crippen LogP contribution in [-0.4, -0.2) is 34.1 Å². The molecule has 1 aromatic heterocycles. The van der Waals surface area contributed by atoms with Crippen LogP contribution in [-0.2, 0) is 19.0 Å². The maximum Gasteiger partial charge on any atom is 0.418 e. The van der Waals surface area contributed by atoms with Crippen molar-refractivity contribution in [2.75, 3.05) is 18.0 Å². The molecule has 0 amide bonds. The molecule has 3 aliphatic rings. The van der Waals surface area contributed by atoms with Gasteiger partial charge >= 0.3 is 6.18 Å². The monoisotopic (exact) mass is 445 g/mol. The van der Waals surface area contributed by atoms with Crippen molar-refractivity contribution in [3.8, 4) is 5.69 Å². The Morgan fingerprint density at radius 1 is 1.06 bits per heavy atom. The first-order valence-corrected chi connectivity index (χ1v) is 11.3. The second kappa shape index (κ2) is 8.06. The van der Waals surface area contributed by atoms with Crippen LogP contribution in [0.25, 0.3) is 11.3 Å². The van der Waals surface area contributed by atoms with E-state index in [2.05, 4.69) is 11.2 Å². The van der Waals surface area contributed by atoms with E-state index in [1.165, 1.54) is 12.1 Å². The molecule has 0 spiro atoms. The Morgan fingerprint density at radius 3 is 2.56 bits per heavy atom. The van der Waals surface area contributed by atoms with Gasteiger partial charge in [0.2, 0.25) is 0 Å². The molecule has 5 nitrogen and oxygen atoms in total. The maximum atomic E-state index is 14.0. The number of fused-ring (bicyclic) bond motifs is 1. The molecular formula is C24H26F3N3O2. The van der Waals surface area contributed by atoms with Gasteiger partial charge in [0.05, 0.1) is 23.0 Å². The smallest absolute Gasteiger partial charge is 0.391 e. The van der Waals surface area contributed by atoms with Gasteiger partial charge in [-0.05, 0) is 80.7 Å². The molecular weight excluding hydrogens is 419 g/mol. The molecule has 2 heterocycles. The van der Waals surface area contributed by atoms with E-state index < -0.39 is 23.4 Å². The number of hydrogen-bond acceptors (Lipinski definition) is 4. The number of aliphatic hydroxyl groups is 1. The summed E-state index contributed by atoms with van der Waals surface area (Å²) < 4.78 is 42.9. The molecule has 1 N–H and O–H groups in total. The molecule has 1 fully saturated rings. The molecule has 1 saturated heterocycles. The summed E-state index contributed by atoms with van der Waals surface area (Å²) in [7, 11) is 0. The van der Waals surface area contributed by atoms with Gasteiger partial charge in [-0.1, -0.05) is 6.08 Å². The predicted octanol–water partition coefficient (Wildman–Crippen LogP) is 4.27. The second-order valence-corrected chi connectivity index (χ2v) is 8.94. The van der Waals surface area contributed by atoms with Gasteiger partial charge in [0.1, 0.15) is 0 Å². The van der Waals surface area contributed by atoms with Crippen molar-refractivity contribution in [1.29, 1.82) is 0 Å². The van der Waals surface area contributed by atoms with Crippen molar-refractivity contribution in [2.24, 2.45) is 0 Å². The van der Waals surface area contributed by atoms with E-state index in [1.807, 2.05) is 4.90 Å². The zero-order valence-corrected chi connectivity index (χ0v) is 17.8. The molecule has 8 heteroatoms. The minimum Gasteiger partial charge on any atom is -0.391 e. The number of aliphatic hydroxyl groups excluding tert-OH is 1. The van der Waals surface area contributed by atoms with Crippen LogP contribution in [0.15, 0.2) is 29.1 Å². The molecule has 1 atom stereocenters. The van der Waals surface area contributed by atoms with Gasteiger partial charge in [-0.3, -0.25) is 4.79 Å². The van der Waals surface area contributed by atoms with Gasteiger partial charge in [-0.2, -0.15) is 23.0 Å². The summed E-state index contributed by atoms with van der Waals surface area (Å²) in [4.78, 5) is 15.2. The number of benzene rings is 1. The van der Waals surface area contributed by atoms with Gasteiger partial charge in [0, 0.05) is 24.3 Å². The number of allylic oxidation sites excluding steroid dienone is 2. The highest BCUT2D eigenvalue weighted by atomic mass is 19.4. The molecule has 1 aromatic carbocycles. The maximum absolute atomic E-state index is 14.0. The summed E-state index contributed by atoms with van der Waals surface area (Å²) in [5, 5.41) is 14.4. The average molecular weight is 445 g/mol. The van der Waals surface area contributed by atoms with Crippen molar-refractivity contribution in [2.45, 2.75) is 63.6 Å². The fourth-order valence-electron chi connectivity index (χ4n) is 5.16. The van der Waals surface area contributed by atoms with Crippen molar-refractivity contribution < 1.29 is 18.3 Å². The van der Waals surface area contributed by atoms with Crippen LogP contribution in [0.4, 0.5) is 18.9 Å². The summed E-state index contributed by atoms with van der Waals surface area (Å²) in [6.45, 7) is 0.909. The minimum atomic E-state index is -4.62. The first-order chi connectivity index (χ1) is 15.3. The lowest BCUT2D eigenvalue weighted by Crippen LogP contribution is -2.29. The normalized spacial score (nSPS) is 21.1. The van der Waals surface area contributed by atoms with Crippen molar-refractivity contribution >= 4 is 11.3 Å². The topological polar surface area (TPSA) is 58.4 Å². The number of nitrogens with zero attached hydrogens (tertiary/aromatic N) is 3. The summed E-state index contributed by atoms with van der Waals surface area (Å²) in [5.74, 6) is 0. The molecule has 1 unspecified atom stereocenters. The Balaban J connectivity index is 1.71. The van der Waals surface area contributed by atoms with Crippen LogP contribution in [0.1, 0.15) is 60.9 Å². The summed E-state index contributed by atoms with van der Waals surface area (Å²) in [5.41, 5.74) is 2.20. The number of hydrogen-bond donors (Lipinski definition) is 1. The van der Waals surface area contributed by atoms with Crippen LogP contribution in [0, 0.1) is 0 Å². The van der Waals surface area contributed by atoms with Crippen LogP contribution in [0.2, 0.25) is 0 Å². The molecule has 1 aliphatic heterocycles. The lowest BCUT2D eigenvalue weighted by atomic mass is 9.94. The molecule has 5 rings (SSSR count). The van der Waals surface area contributed by atoms with Crippen molar-refractivity contribution in [3.63, 3.8) is 0 Å². The van der Waals surface area contributed by atoms with Gasteiger partial charge in [-0.15, -0.1) is 0 Å². The average Bonchev–Trinajstić information content (AvgIpc) is 3.43. The van der Waals surface area contributed by atoms with E-state index >= 15 is 0 Å². The van der Waals surface area contributed by atoms with E-state index in [4.69, 9.17) is 0 Å². The quantitative estimate of drug-likeness (QED) is 0.767. The predicted molar refractivity (Wildman–Crippen MR) is 116 cm³/mol. The van der Waals surface area contributed by atoms with E-state index in [0.717, 1.165) is 60.4 Å². The molecule has 2 aromatic rings. The van der Waals surface area contributed by atoms with Crippen molar-refractivity contribution in [3.05, 3.63) is 57.0 Å². The fraction of sp³-hybridized carbons (Fsp3) is 0.500. The Bertz CT molecular complexity index is 1140. The SMILES string of the molecule is O=c1c2c(c(C3=CCCCC3)nn1-c1cc(N3CCC(O)C3)ccc1C(F)(F)F)CCC2. The van der Waals surface area contributed by atoms with Gasteiger partial charge in [-0.25, -0.2) is 0 Å². The zero-order chi connectivity index (χ0) is 22.5. The van der Waals surface area contributed by atoms with Crippen LogP contribution < -0.4 is 10.5 Å². The number of β-amino-alcohol motifs (C(OH)–C–C–N with tert-alkyl or cyclic N) is 1. The third-order valence-electron chi connectivity index (χ3n) is 6.79. The van der Waals surface area contributed by atoms with Gasteiger partial charge in [0.15, 0.2) is 0 Å². The van der Waals surface area contributed by atoms with Gasteiger partial charge < -0.3 is 10.0 Å². The van der Waals surface area contributed by atoms with E-state index in [-0.39, 0.29) is 5.69 Å². The molecule has 0 saturated carbocycles. The molecule has 0 bridgehead atoms. The molecule has 32 heavy (non-hydrogen) atoms. The summed E-state index contributed by atoms with van der Waals surface area (Å²) in [6.07, 6.45) is 3.52. The fourth-order valence-corrected chi connectivity index (χ4v) is 5.16. The first kappa shape index (κ1) is 21.2. The third kappa shape index (κ3) is 3.74. The molecule has 2 aliphatic carbocycles. The van der Waals surface area contributed by atoms with Crippen LogP contribution in [0.5, 0.6) is 0 Å². The summed E-state index contributed by atoms with van der Waals surface area (Å²) >= 11 is 0. The lowest BCUT2D eigenvalue weighted by Gasteiger charge is -2.22. The van der Waals surface area contributed by atoms with E-state index in [9.17, 15) is 23.1 Å². The van der Waals surface area contributed by atoms with Crippen LogP contribution >= 0.6 is 0 Å². The van der Waals surface area contributed by atoms with E-state index in [1.54, 1.807) is 0 Å². The zero-order valence-electron chi connectivity index (χ0n) is 17.8. The highest BCUT2D eigenvalue weighted by Crippen LogP contribution is 2.37. The summed E-state index contributed by atoms with van der Waals surface area (Å²) in [6, 6.07) is 3.83. The number of alkyl halides is 3. The number of aromatic nitrogens is 2. The molecule has 170 valence electrons. The number of anilines is 1. The first-order valence-electron chi connectivity index (χ1n) is 11.3. The lowest BCUT2D eigenvalue weighted by molar-refractivity contribution is -0.137. The minimum absolute atomic E-state index is 0.242. The third-order valence-corrected chi connectivity index (χ3v) is 6.79. The highest BCUT2D eigenvalue weighted by Gasteiger charge is 2.36. The highest BCUT2D eigenvalue weighted by molar-refractivity contribution is 5.67. The Hall–Kier alpha value is -2.61. The Labute approximate surface area is 184 Å². The van der Waals surface area contributed by atoms with Crippen LogP contribution in [0.3, 0.4) is 0 Å². The van der Waals surface area contributed by atoms with Gasteiger partial charge in [0.25, 0.3) is 5.56 Å². The molecule has 0 radical (unpaired) electrons. The largest absolute Gasteiger partial charge is 0.418 e. The standard InChI is InChI=1S/C24H26F3N3O2/c25-24(26,27)20-10-9-16(29-12-11-17(31)14-29)13-21(20)30-23(32)19-8-4-7-18(19)22(28-30)15-5-2-1-3-6-15/h5,9-10,13,17,31H,1-4,6-8,11-12,14H2. The number of halogens is 3. The van der Waals surface area contributed by atoms with Crippen molar-refractivity contribution in [1.82, 2.24) is 9.78 Å². The Morgan fingerprint density at radius 2 is 1.88 bits per heavy atom. The second-order valence-electron chi connectivity index (χ2n) is 8.94.